The van der Waals surface area contributed by atoms with Crippen LogP contribution >= 0.6 is 0 Å². The molecule has 5 nitrogen and oxygen atoms in total. The largest absolute Gasteiger partial charge is 0.495 e. The smallest absolute Gasteiger partial charge is 0.187 e. The lowest BCUT2D eigenvalue weighted by Crippen LogP contribution is -2.18. The summed E-state index contributed by atoms with van der Waals surface area (Å²) in [5.41, 5.74) is 4.57. The van der Waals surface area contributed by atoms with Crippen LogP contribution in [-0.4, -0.2) is 40.4 Å². The van der Waals surface area contributed by atoms with Crippen LogP contribution < -0.4 is 4.74 Å². The Morgan fingerprint density at radius 3 is 2.69 bits per heavy atom. The molecule has 0 radical (unpaired) electrons. The number of ketones is 1. The zero-order valence-corrected chi connectivity index (χ0v) is 18.3. The number of benzene rings is 2. The third kappa shape index (κ3) is 4.97. The molecule has 3 aromatic rings. The minimum atomic E-state index is -0.226. The molecule has 0 aliphatic carbocycles. The molecule has 1 aliphatic rings. The first-order chi connectivity index (χ1) is 15.5. The maximum atomic E-state index is 13.2. The molecular formula is C26H26FN3O2. The van der Waals surface area contributed by atoms with Crippen LogP contribution in [0.2, 0.25) is 0 Å². The average molecular weight is 432 g/mol. The van der Waals surface area contributed by atoms with Crippen molar-refractivity contribution in [2.45, 2.75) is 19.8 Å². The maximum Gasteiger partial charge on any atom is 0.187 e. The molecule has 2 heterocycles. The summed E-state index contributed by atoms with van der Waals surface area (Å²) in [6.07, 6.45) is 11.0. The van der Waals surface area contributed by atoms with Crippen molar-refractivity contribution >= 4 is 11.4 Å². The summed E-state index contributed by atoms with van der Waals surface area (Å²) >= 11 is 0. The zero-order chi connectivity index (χ0) is 22.5. The van der Waals surface area contributed by atoms with Crippen molar-refractivity contribution in [3.63, 3.8) is 0 Å². The van der Waals surface area contributed by atoms with Crippen molar-refractivity contribution in [1.82, 2.24) is 14.5 Å². The van der Waals surface area contributed by atoms with Gasteiger partial charge in [-0.25, -0.2) is 9.37 Å². The van der Waals surface area contributed by atoms with E-state index in [2.05, 4.69) is 16.0 Å². The number of carbonyl (C=O) groups is 1. The molecule has 0 amide bonds. The number of halogens is 1. The van der Waals surface area contributed by atoms with Crippen molar-refractivity contribution < 1.29 is 13.9 Å². The van der Waals surface area contributed by atoms with Gasteiger partial charge in [0.25, 0.3) is 0 Å². The molecule has 0 N–H and O–H groups in total. The van der Waals surface area contributed by atoms with Crippen LogP contribution in [0, 0.1) is 12.7 Å². The van der Waals surface area contributed by atoms with Gasteiger partial charge in [-0.1, -0.05) is 18.2 Å². The number of aryl methyl sites for hydroxylation is 1. The summed E-state index contributed by atoms with van der Waals surface area (Å²) < 4.78 is 20.6. The molecule has 32 heavy (non-hydrogen) atoms. The minimum Gasteiger partial charge on any atom is -0.495 e. The van der Waals surface area contributed by atoms with E-state index < -0.39 is 0 Å². The topological polar surface area (TPSA) is 47.4 Å². The van der Waals surface area contributed by atoms with Crippen LogP contribution in [0.5, 0.6) is 5.75 Å². The Morgan fingerprint density at radius 2 is 1.97 bits per heavy atom. The Balaban J connectivity index is 1.41. The molecule has 0 fully saturated rings. The number of nitrogens with zero attached hydrogens (tertiary/aromatic N) is 3. The van der Waals surface area contributed by atoms with Gasteiger partial charge in [0.2, 0.25) is 0 Å². The van der Waals surface area contributed by atoms with E-state index in [9.17, 15) is 9.18 Å². The SMILES string of the molecule is COc1cc(C(=O)C=CN2CCC=C(c3ccc(F)cc3)CC2)ccc1-n1cnc(C)c1. The van der Waals surface area contributed by atoms with Gasteiger partial charge in [0.1, 0.15) is 11.6 Å². The van der Waals surface area contributed by atoms with E-state index in [1.807, 2.05) is 42.1 Å². The van der Waals surface area contributed by atoms with E-state index in [1.165, 1.54) is 17.7 Å². The zero-order valence-electron chi connectivity index (χ0n) is 18.3. The van der Waals surface area contributed by atoms with Gasteiger partial charge < -0.3 is 14.2 Å². The van der Waals surface area contributed by atoms with Crippen LogP contribution in [0.4, 0.5) is 4.39 Å². The normalized spacial score (nSPS) is 14.3. The quantitative estimate of drug-likeness (QED) is 0.397. The molecule has 0 spiro atoms. The first-order valence-corrected chi connectivity index (χ1v) is 10.6. The predicted molar refractivity (Wildman–Crippen MR) is 124 cm³/mol. The van der Waals surface area contributed by atoms with E-state index in [4.69, 9.17) is 4.74 Å². The first-order valence-electron chi connectivity index (χ1n) is 10.6. The second kappa shape index (κ2) is 9.64. The highest BCUT2D eigenvalue weighted by Crippen LogP contribution is 2.25. The van der Waals surface area contributed by atoms with Crippen molar-refractivity contribution in [2.75, 3.05) is 20.2 Å². The molecule has 0 saturated heterocycles. The second-order valence-electron chi connectivity index (χ2n) is 7.80. The molecule has 4 rings (SSSR count). The molecule has 1 aliphatic heterocycles. The molecular weight excluding hydrogens is 405 g/mol. The molecule has 0 saturated carbocycles. The van der Waals surface area contributed by atoms with Crippen molar-refractivity contribution in [3.05, 3.63) is 96.0 Å². The van der Waals surface area contributed by atoms with Crippen LogP contribution in [0.3, 0.4) is 0 Å². The summed E-state index contributed by atoms with van der Waals surface area (Å²) in [5, 5.41) is 0. The van der Waals surface area contributed by atoms with Crippen molar-refractivity contribution in [3.8, 4) is 11.4 Å². The molecule has 0 atom stereocenters. The van der Waals surface area contributed by atoms with Gasteiger partial charge in [-0.2, -0.15) is 0 Å². The minimum absolute atomic E-state index is 0.0763. The summed E-state index contributed by atoms with van der Waals surface area (Å²) in [6.45, 7) is 3.55. The number of carbonyl (C=O) groups excluding carboxylic acids is 1. The summed E-state index contributed by atoms with van der Waals surface area (Å²) in [5.74, 6) is 0.313. The number of hydrogen-bond donors (Lipinski definition) is 0. The van der Waals surface area contributed by atoms with Gasteiger partial charge in [-0.15, -0.1) is 0 Å². The van der Waals surface area contributed by atoms with Gasteiger partial charge in [-0.3, -0.25) is 4.79 Å². The standard InChI is InChI=1S/C26H26FN3O2/c1-19-17-30(18-28-19)24-10-7-22(16-26(24)32-2)25(31)12-15-29-13-3-4-20(11-14-29)21-5-8-23(27)9-6-21/h4-10,12,15-18H,3,11,13-14H2,1-2H3. The molecule has 6 heteroatoms. The number of aromatic nitrogens is 2. The lowest BCUT2D eigenvalue weighted by molar-refractivity contribution is 0.104. The fourth-order valence-electron chi connectivity index (χ4n) is 3.82. The molecule has 0 unspecified atom stereocenters. The Labute approximate surface area is 187 Å². The van der Waals surface area contributed by atoms with E-state index in [0.717, 1.165) is 42.9 Å². The van der Waals surface area contributed by atoms with Gasteiger partial charge >= 0.3 is 0 Å². The number of ether oxygens (including phenoxy) is 1. The average Bonchev–Trinajstić information content (AvgIpc) is 3.10. The highest BCUT2D eigenvalue weighted by atomic mass is 19.1. The van der Waals surface area contributed by atoms with Gasteiger partial charge in [0.05, 0.1) is 24.8 Å². The van der Waals surface area contributed by atoms with E-state index in [0.29, 0.717) is 11.3 Å². The van der Waals surface area contributed by atoms with Gasteiger partial charge in [0.15, 0.2) is 5.78 Å². The Morgan fingerprint density at radius 1 is 1.16 bits per heavy atom. The first kappa shape index (κ1) is 21.6. The molecule has 1 aromatic heterocycles. The number of rotatable bonds is 6. The number of hydrogen-bond acceptors (Lipinski definition) is 4. The van der Waals surface area contributed by atoms with Crippen LogP contribution in [0.25, 0.3) is 11.3 Å². The van der Waals surface area contributed by atoms with E-state index in [1.54, 1.807) is 31.6 Å². The maximum absolute atomic E-state index is 13.2. The summed E-state index contributed by atoms with van der Waals surface area (Å²) in [7, 11) is 1.59. The number of imidazole rings is 1. The van der Waals surface area contributed by atoms with Crippen molar-refractivity contribution in [1.29, 1.82) is 0 Å². The monoisotopic (exact) mass is 431 g/mol. The second-order valence-corrected chi connectivity index (χ2v) is 7.80. The van der Waals surface area contributed by atoms with Gasteiger partial charge in [-0.05, 0) is 61.2 Å². The van der Waals surface area contributed by atoms with E-state index in [-0.39, 0.29) is 11.6 Å². The summed E-state index contributed by atoms with van der Waals surface area (Å²) in [6, 6.07) is 12.0. The van der Waals surface area contributed by atoms with Crippen molar-refractivity contribution in [2.24, 2.45) is 0 Å². The predicted octanol–water partition coefficient (Wildman–Crippen LogP) is 5.20. The van der Waals surface area contributed by atoms with E-state index >= 15 is 0 Å². The third-order valence-corrected chi connectivity index (χ3v) is 5.58. The number of allylic oxidation sites excluding steroid dienone is 1. The Kier molecular flexibility index (Phi) is 6.50. The third-order valence-electron chi connectivity index (χ3n) is 5.58. The lowest BCUT2D eigenvalue weighted by atomic mass is 10.0. The highest BCUT2D eigenvalue weighted by Gasteiger charge is 2.12. The van der Waals surface area contributed by atoms with Gasteiger partial charge in [0, 0.05) is 37.1 Å². The number of methoxy groups -OCH3 is 1. The molecule has 164 valence electrons. The lowest BCUT2D eigenvalue weighted by Gasteiger charge is -2.17. The van der Waals surface area contributed by atoms with Crippen LogP contribution in [0.15, 0.2) is 73.3 Å². The Hall–Kier alpha value is -3.67. The Bertz CT molecular complexity index is 1160. The fraction of sp³-hybridized carbons (Fsp3) is 0.231. The molecule has 0 bridgehead atoms. The highest BCUT2D eigenvalue weighted by molar-refractivity contribution is 6.04. The summed E-state index contributed by atoms with van der Waals surface area (Å²) in [4.78, 5) is 19.2. The fourth-order valence-corrected chi connectivity index (χ4v) is 3.82. The van der Waals surface area contributed by atoms with Crippen LogP contribution in [0.1, 0.15) is 34.5 Å². The van der Waals surface area contributed by atoms with Crippen LogP contribution in [-0.2, 0) is 0 Å². The molecule has 2 aromatic carbocycles.